The van der Waals surface area contributed by atoms with Crippen molar-refractivity contribution in [3.05, 3.63) is 70.8 Å². The van der Waals surface area contributed by atoms with Crippen LogP contribution in [0.25, 0.3) is 0 Å². The minimum absolute atomic E-state index is 0.0886. The van der Waals surface area contributed by atoms with E-state index in [1.807, 2.05) is 26.0 Å². The van der Waals surface area contributed by atoms with Crippen molar-refractivity contribution in [3.8, 4) is 0 Å². The number of ether oxygens (including phenoxy) is 2. The van der Waals surface area contributed by atoms with Gasteiger partial charge in [0.05, 0.1) is 12.2 Å². The Kier molecular flexibility index (Phi) is 14.4. The fraction of sp³-hybridized carbons (Fsp3) is 0.611. The number of aryl methyl sites for hydroxylation is 1. The van der Waals surface area contributed by atoms with Gasteiger partial charge in [0.2, 0.25) is 3.79 Å². The Balaban J connectivity index is 1.51. The molecule has 1 N–H and O–H groups in total. The summed E-state index contributed by atoms with van der Waals surface area (Å²) in [7, 11) is 0. The standard InChI is InChI=1S/C36H51Cl3N2O4/c1-34(2,3)31-19-15-27(16-20-31)12-9-21-41(33(43)45-26-36(37,38)39)24-35(4,5)25-44-32(42)30-17-13-29(14-18-30)23-40-22-28-10-7-6-8-11-28/h13-20,28,40H,6-12,21-26H2,1-5H3. The Bertz CT molecular complexity index is 1200. The predicted octanol–water partition coefficient (Wildman–Crippen LogP) is 9.28. The molecule has 6 nitrogen and oxygen atoms in total. The van der Waals surface area contributed by atoms with Gasteiger partial charge in [-0.25, -0.2) is 9.59 Å². The molecule has 250 valence electrons. The maximum Gasteiger partial charge on any atom is 0.409 e. The van der Waals surface area contributed by atoms with E-state index in [2.05, 4.69) is 50.4 Å². The summed E-state index contributed by atoms with van der Waals surface area (Å²) in [4.78, 5) is 27.5. The van der Waals surface area contributed by atoms with Crippen molar-refractivity contribution in [2.75, 3.05) is 32.8 Å². The van der Waals surface area contributed by atoms with Crippen molar-refractivity contribution >= 4 is 46.9 Å². The van der Waals surface area contributed by atoms with E-state index in [4.69, 9.17) is 44.3 Å². The highest BCUT2D eigenvalue weighted by atomic mass is 35.6. The number of nitrogens with one attached hydrogen (secondary N) is 1. The first-order chi connectivity index (χ1) is 21.1. The topological polar surface area (TPSA) is 67.9 Å². The molecule has 0 heterocycles. The Morgan fingerprint density at radius 2 is 1.47 bits per heavy atom. The second-order valence-electron chi connectivity index (χ2n) is 14.2. The Hall–Kier alpha value is -1.99. The van der Waals surface area contributed by atoms with Crippen LogP contribution >= 0.6 is 34.8 Å². The third-order valence-corrected chi connectivity index (χ3v) is 8.55. The summed E-state index contributed by atoms with van der Waals surface area (Å²) in [6, 6.07) is 16.1. The van der Waals surface area contributed by atoms with Crippen LogP contribution in [0.4, 0.5) is 4.79 Å². The molecule has 1 amide bonds. The molecule has 9 heteroatoms. The SMILES string of the molecule is CC(C)(COC(=O)c1ccc(CNCC2CCCCC2)cc1)CN(CCCc1ccc(C(C)(C)C)cc1)C(=O)OCC(Cl)(Cl)Cl. The molecule has 1 fully saturated rings. The van der Waals surface area contributed by atoms with Gasteiger partial charge < -0.3 is 19.7 Å². The Labute approximate surface area is 285 Å². The molecule has 0 aromatic heterocycles. The molecule has 0 saturated heterocycles. The van der Waals surface area contributed by atoms with Gasteiger partial charge in [-0.3, -0.25) is 0 Å². The largest absolute Gasteiger partial charge is 0.461 e. The summed E-state index contributed by atoms with van der Waals surface area (Å²) in [6.45, 7) is 12.8. The van der Waals surface area contributed by atoms with Crippen LogP contribution in [0, 0.1) is 11.3 Å². The molecule has 0 spiro atoms. The molecule has 0 bridgehead atoms. The second-order valence-corrected chi connectivity index (χ2v) is 16.7. The van der Waals surface area contributed by atoms with Gasteiger partial charge in [-0.15, -0.1) is 0 Å². The third kappa shape index (κ3) is 14.1. The number of hydrogen-bond donors (Lipinski definition) is 1. The van der Waals surface area contributed by atoms with Crippen LogP contribution in [0.1, 0.15) is 100 Å². The van der Waals surface area contributed by atoms with E-state index in [-0.39, 0.29) is 18.6 Å². The number of esters is 1. The molecule has 0 aliphatic heterocycles. The lowest BCUT2D eigenvalue weighted by molar-refractivity contribution is 0.0251. The molecule has 2 aromatic rings. The first-order valence-corrected chi connectivity index (χ1v) is 17.3. The lowest BCUT2D eigenvalue weighted by Crippen LogP contribution is -2.42. The number of halogens is 3. The van der Waals surface area contributed by atoms with E-state index in [0.29, 0.717) is 18.7 Å². The maximum atomic E-state index is 13.0. The monoisotopic (exact) mass is 680 g/mol. The highest BCUT2D eigenvalue weighted by Gasteiger charge is 2.30. The number of amides is 1. The summed E-state index contributed by atoms with van der Waals surface area (Å²) in [5, 5.41) is 3.56. The van der Waals surface area contributed by atoms with Crippen molar-refractivity contribution in [3.63, 3.8) is 0 Å². The molecule has 1 aliphatic rings. The summed E-state index contributed by atoms with van der Waals surface area (Å²) >= 11 is 17.5. The second kappa shape index (κ2) is 17.2. The quantitative estimate of drug-likeness (QED) is 0.159. The average Bonchev–Trinajstić information content (AvgIpc) is 2.98. The van der Waals surface area contributed by atoms with Gasteiger partial charge in [-0.2, -0.15) is 0 Å². The summed E-state index contributed by atoms with van der Waals surface area (Å²) in [5.41, 5.74) is 3.64. The Morgan fingerprint density at radius 1 is 0.844 bits per heavy atom. The van der Waals surface area contributed by atoms with Crippen LogP contribution < -0.4 is 5.32 Å². The van der Waals surface area contributed by atoms with Crippen LogP contribution in [-0.4, -0.2) is 53.6 Å². The van der Waals surface area contributed by atoms with Crippen molar-refractivity contribution in [2.45, 2.75) is 95.3 Å². The van der Waals surface area contributed by atoms with Crippen molar-refractivity contribution < 1.29 is 19.1 Å². The van der Waals surface area contributed by atoms with E-state index in [1.165, 1.54) is 43.2 Å². The molecule has 0 radical (unpaired) electrons. The van der Waals surface area contributed by atoms with E-state index in [9.17, 15) is 9.59 Å². The number of rotatable bonds is 14. The van der Waals surface area contributed by atoms with Gasteiger partial charge in [-0.05, 0) is 72.4 Å². The van der Waals surface area contributed by atoms with Crippen LogP contribution in [0.3, 0.4) is 0 Å². The van der Waals surface area contributed by atoms with Crippen LogP contribution in [-0.2, 0) is 27.9 Å². The lowest BCUT2D eigenvalue weighted by Gasteiger charge is -2.32. The number of benzene rings is 2. The zero-order valence-electron chi connectivity index (χ0n) is 27.6. The van der Waals surface area contributed by atoms with Crippen molar-refractivity contribution in [1.82, 2.24) is 10.2 Å². The zero-order chi connectivity index (χ0) is 33.1. The fourth-order valence-electron chi connectivity index (χ4n) is 5.59. The van der Waals surface area contributed by atoms with Gasteiger partial charge in [0.25, 0.3) is 0 Å². The van der Waals surface area contributed by atoms with E-state index in [0.717, 1.165) is 37.4 Å². The van der Waals surface area contributed by atoms with E-state index < -0.39 is 21.3 Å². The predicted molar refractivity (Wildman–Crippen MR) is 185 cm³/mol. The van der Waals surface area contributed by atoms with Crippen LogP contribution in [0.5, 0.6) is 0 Å². The zero-order valence-corrected chi connectivity index (χ0v) is 29.9. The number of carbonyl (C=O) groups excluding carboxylic acids is 2. The Morgan fingerprint density at radius 3 is 2.07 bits per heavy atom. The summed E-state index contributed by atoms with van der Waals surface area (Å²) in [6.07, 6.45) is 7.61. The van der Waals surface area contributed by atoms with Crippen LogP contribution in [0.15, 0.2) is 48.5 Å². The molecule has 45 heavy (non-hydrogen) atoms. The summed E-state index contributed by atoms with van der Waals surface area (Å²) < 4.78 is 9.31. The highest BCUT2D eigenvalue weighted by Crippen LogP contribution is 2.27. The van der Waals surface area contributed by atoms with Crippen LogP contribution in [0.2, 0.25) is 0 Å². The highest BCUT2D eigenvalue weighted by molar-refractivity contribution is 6.67. The van der Waals surface area contributed by atoms with Gasteiger partial charge in [0, 0.05) is 25.0 Å². The fourth-order valence-corrected chi connectivity index (χ4v) is 5.76. The van der Waals surface area contributed by atoms with Gasteiger partial charge in [-0.1, -0.05) is 125 Å². The average molecular weight is 682 g/mol. The van der Waals surface area contributed by atoms with Crippen molar-refractivity contribution in [1.29, 1.82) is 0 Å². The maximum absolute atomic E-state index is 13.0. The number of nitrogens with zero attached hydrogens (tertiary/aromatic N) is 1. The number of carbonyl (C=O) groups is 2. The number of alkyl halides is 3. The number of hydrogen-bond acceptors (Lipinski definition) is 5. The van der Waals surface area contributed by atoms with Crippen molar-refractivity contribution in [2.24, 2.45) is 11.3 Å². The minimum atomic E-state index is -1.71. The third-order valence-electron chi connectivity index (χ3n) is 8.22. The van der Waals surface area contributed by atoms with E-state index >= 15 is 0 Å². The van der Waals surface area contributed by atoms with Gasteiger partial charge >= 0.3 is 12.1 Å². The smallest absolute Gasteiger partial charge is 0.409 e. The first-order valence-electron chi connectivity index (χ1n) is 16.2. The molecule has 0 unspecified atom stereocenters. The molecular weight excluding hydrogens is 631 g/mol. The molecule has 2 aromatic carbocycles. The van der Waals surface area contributed by atoms with E-state index in [1.54, 1.807) is 17.0 Å². The lowest BCUT2D eigenvalue weighted by atomic mass is 9.86. The molecule has 1 saturated carbocycles. The molecular formula is C36H51Cl3N2O4. The van der Waals surface area contributed by atoms with Gasteiger partial charge in [0.1, 0.15) is 6.61 Å². The normalized spacial score (nSPS) is 14.7. The first kappa shape index (κ1) is 37.5. The van der Waals surface area contributed by atoms with Gasteiger partial charge in [0.15, 0.2) is 0 Å². The molecule has 3 rings (SSSR count). The minimum Gasteiger partial charge on any atom is -0.461 e. The molecule has 1 aliphatic carbocycles. The summed E-state index contributed by atoms with van der Waals surface area (Å²) in [5.74, 6) is 0.378. The molecule has 0 atom stereocenters.